The lowest BCUT2D eigenvalue weighted by Gasteiger charge is -2.35. The van der Waals surface area contributed by atoms with E-state index in [0.29, 0.717) is 13.1 Å². The van der Waals surface area contributed by atoms with Gasteiger partial charge in [-0.25, -0.2) is 9.78 Å². The number of urea groups is 1. The number of nitrogens with zero attached hydrogens (tertiary/aromatic N) is 4. The number of anilines is 2. The van der Waals surface area contributed by atoms with Crippen LogP contribution in [0.25, 0.3) is 16.6 Å². The molecule has 0 bridgehead atoms. The van der Waals surface area contributed by atoms with Gasteiger partial charge in [0.25, 0.3) is 0 Å². The molecule has 2 aromatic heterocycles. The third kappa shape index (κ3) is 3.97. The number of halogens is 1. The van der Waals surface area contributed by atoms with Crippen molar-refractivity contribution in [3.05, 3.63) is 65.3 Å². The van der Waals surface area contributed by atoms with E-state index in [1.165, 1.54) is 0 Å². The summed E-state index contributed by atoms with van der Waals surface area (Å²) in [7, 11) is 0. The molecule has 31 heavy (non-hydrogen) atoms. The average Bonchev–Trinajstić information content (AvgIpc) is 3.28. The lowest BCUT2D eigenvalue weighted by molar-refractivity contribution is 0.208. The molecule has 1 aliphatic rings. The van der Waals surface area contributed by atoms with Gasteiger partial charge in [-0.3, -0.25) is 0 Å². The Balaban J connectivity index is 1.33. The van der Waals surface area contributed by atoms with E-state index >= 15 is 0 Å². The molecule has 0 aliphatic carbocycles. The molecule has 1 fully saturated rings. The van der Waals surface area contributed by atoms with E-state index in [1.807, 2.05) is 53.6 Å². The number of carbonyl (C=O) groups is 1. The number of nitrogens with one attached hydrogen (secondary N) is 1. The summed E-state index contributed by atoms with van der Waals surface area (Å²) in [5.74, 6) is 0.961. The highest BCUT2D eigenvalue weighted by molar-refractivity contribution is 9.10. The van der Waals surface area contributed by atoms with E-state index in [0.717, 1.165) is 50.5 Å². The van der Waals surface area contributed by atoms with Crippen LogP contribution in [0.4, 0.5) is 16.3 Å². The average molecular weight is 496 g/mol. The van der Waals surface area contributed by atoms with Crippen LogP contribution in [0.15, 0.2) is 70.2 Å². The maximum atomic E-state index is 12.8. The van der Waals surface area contributed by atoms with E-state index in [9.17, 15) is 4.79 Å². The van der Waals surface area contributed by atoms with Gasteiger partial charge in [-0.1, -0.05) is 22.0 Å². The summed E-state index contributed by atoms with van der Waals surface area (Å²) >= 11 is 5.22. The molecule has 3 heterocycles. The third-order valence-corrected chi connectivity index (χ3v) is 6.81. The minimum absolute atomic E-state index is 0.0545. The highest BCUT2D eigenvalue weighted by atomic mass is 79.9. The van der Waals surface area contributed by atoms with E-state index in [2.05, 4.69) is 48.9 Å². The Morgan fingerprint density at radius 1 is 1.03 bits per heavy atom. The Bertz CT molecular complexity index is 1270. The van der Waals surface area contributed by atoms with Crippen molar-refractivity contribution in [2.45, 2.75) is 4.90 Å². The molecule has 5 rings (SSSR count). The van der Waals surface area contributed by atoms with Gasteiger partial charge < -0.3 is 19.5 Å². The Hall–Kier alpha value is -2.71. The zero-order valence-electron chi connectivity index (χ0n) is 17.1. The van der Waals surface area contributed by atoms with Gasteiger partial charge in [-0.2, -0.15) is 0 Å². The second-order valence-corrected chi connectivity index (χ2v) is 9.26. The molecule has 0 unspecified atom stereocenters. The first-order valence-corrected chi connectivity index (χ1v) is 12.2. The predicted molar refractivity (Wildman–Crippen MR) is 131 cm³/mol. The van der Waals surface area contributed by atoms with Crippen molar-refractivity contribution in [3.63, 3.8) is 0 Å². The Labute approximate surface area is 193 Å². The summed E-state index contributed by atoms with van der Waals surface area (Å²) in [6, 6.07) is 18.2. The largest absolute Gasteiger partial charge is 0.351 e. The van der Waals surface area contributed by atoms with E-state index in [4.69, 9.17) is 4.98 Å². The first-order valence-electron chi connectivity index (χ1n) is 10.1. The second-order valence-electron chi connectivity index (χ2n) is 7.47. The minimum Gasteiger partial charge on any atom is -0.351 e. The Morgan fingerprint density at radius 3 is 2.68 bits per heavy atom. The first kappa shape index (κ1) is 20.2. The summed E-state index contributed by atoms with van der Waals surface area (Å²) in [5.41, 5.74) is 3.94. The lowest BCUT2D eigenvalue weighted by atomic mass is 10.2. The topological polar surface area (TPSA) is 52.9 Å². The molecule has 0 atom stereocenters. The quantitative estimate of drug-likeness (QED) is 0.390. The first-order chi connectivity index (χ1) is 15.1. The van der Waals surface area contributed by atoms with Crippen molar-refractivity contribution in [1.29, 1.82) is 0 Å². The normalized spacial score (nSPS) is 14.4. The molecule has 2 aromatic carbocycles. The predicted octanol–water partition coefficient (Wildman–Crippen LogP) is 5.33. The number of rotatable bonds is 3. The summed E-state index contributed by atoms with van der Waals surface area (Å²) in [5, 5.41) is 3.03. The molecule has 1 N–H and O–H groups in total. The standard InChI is InChI=1S/C23H22BrN5OS/c1-31-18-5-2-4-17(15-18)25-23(30)28-12-10-27(11-13-28)22-21-6-3-9-29(21)20-8-7-16(24)14-19(20)26-22/h2-9,14-15H,10-13H2,1H3,(H,25,30). The number of piperazine rings is 1. The van der Waals surface area contributed by atoms with Crippen LogP contribution in [0.5, 0.6) is 0 Å². The molecule has 4 aromatic rings. The second kappa shape index (κ2) is 8.43. The van der Waals surface area contributed by atoms with Crippen LogP contribution in [0.2, 0.25) is 0 Å². The summed E-state index contributed by atoms with van der Waals surface area (Å²) in [4.78, 5) is 23.0. The summed E-state index contributed by atoms with van der Waals surface area (Å²) in [6.45, 7) is 2.79. The van der Waals surface area contributed by atoms with Gasteiger partial charge >= 0.3 is 6.03 Å². The van der Waals surface area contributed by atoms with Crippen LogP contribution < -0.4 is 10.2 Å². The van der Waals surface area contributed by atoms with Crippen molar-refractivity contribution < 1.29 is 4.79 Å². The highest BCUT2D eigenvalue weighted by Crippen LogP contribution is 2.28. The highest BCUT2D eigenvalue weighted by Gasteiger charge is 2.24. The molecule has 8 heteroatoms. The summed E-state index contributed by atoms with van der Waals surface area (Å²) in [6.07, 6.45) is 4.10. The maximum Gasteiger partial charge on any atom is 0.321 e. The fourth-order valence-electron chi connectivity index (χ4n) is 3.99. The molecule has 158 valence electrons. The Kier molecular flexibility index (Phi) is 5.50. The zero-order chi connectivity index (χ0) is 21.4. The number of hydrogen-bond donors (Lipinski definition) is 1. The zero-order valence-corrected chi connectivity index (χ0v) is 19.5. The van der Waals surface area contributed by atoms with E-state index in [1.54, 1.807) is 11.8 Å². The van der Waals surface area contributed by atoms with Gasteiger partial charge in [0.2, 0.25) is 0 Å². The van der Waals surface area contributed by atoms with Crippen LogP contribution in [0.3, 0.4) is 0 Å². The van der Waals surface area contributed by atoms with Crippen molar-refractivity contribution in [2.75, 3.05) is 42.7 Å². The number of hydrogen-bond acceptors (Lipinski definition) is 4. The molecule has 0 radical (unpaired) electrons. The fraction of sp³-hybridized carbons (Fsp3) is 0.217. The number of amides is 2. The SMILES string of the molecule is CSc1cccc(NC(=O)N2CCN(c3nc4cc(Br)ccc4n4cccc34)CC2)c1. The van der Waals surface area contributed by atoms with Gasteiger partial charge in [-0.05, 0) is 54.8 Å². The number of benzene rings is 2. The molecule has 0 spiro atoms. The molecule has 2 amide bonds. The molecular weight excluding hydrogens is 474 g/mol. The molecule has 0 saturated carbocycles. The van der Waals surface area contributed by atoms with Crippen molar-refractivity contribution >= 4 is 61.8 Å². The number of carbonyl (C=O) groups excluding carboxylic acids is 1. The molecule has 6 nitrogen and oxygen atoms in total. The van der Waals surface area contributed by atoms with Crippen molar-refractivity contribution in [3.8, 4) is 0 Å². The van der Waals surface area contributed by atoms with Gasteiger partial charge in [-0.15, -0.1) is 11.8 Å². The van der Waals surface area contributed by atoms with Gasteiger partial charge in [0.1, 0.15) is 0 Å². The van der Waals surface area contributed by atoms with E-state index in [-0.39, 0.29) is 6.03 Å². The molecule has 1 saturated heterocycles. The van der Waals surface area contributed by atoms with Crippen molar-refractivity contribution in [2.24, 2.45) is 0 Å². The van der Waals surface area contributed by atoms with Crippen LogP contribution in [0.1, 0.15) is 0 Å². The number of thioether (sulfide) groups is 1. The molecule has 1 aliphatic heterocycles. The third-order valence-electron chi connectivity index (χ3n) is 5.59. The maximum absolute atomic E-state index is 12.8. The number of aromatic nitrogens is 2. The van der Waals surface area contributed by atoms with E-state index < -0.39 is 0 Å². The molecular formula is C23H22BrN5OS. The van der Waals surface area contributed by atoms with Gasteiger partial charge in [0.05, 0.1) is 16.6 Å². The monoisotopic (exact) mass is 495 g/mol. The number of fused-ring (bicyclic) bond motifs is 3. The van der Waals surface area contributed by atoms with Crippen LogP contribution in [0, 0.1) is 0 Å². The fourth-order valence-corrected chi connectivity index (χ4v) is 4.80. The van der Waals surface area contributed by atoms with Crippen LogP contribution in [-0.2, 0) is 0 Å². The smallest absolute Gasteiger partial charge is 0.321 e. The minimum atomic E-state index is -0.0545. The van der Waals surface area contributed by atoms with Crippen LogP contribution >= 0.6 is 27.7 Å². The lowest BCUT2D eigenvalue weighted by Crippen LogP contribution is -2.50. The van der Waals surface area contributed by atoms with Gasteiger partial charge in [0.15, 0.2) is 5.82 Å². The van der Waals surface area contributed by atoms with Crippen molar-refractivity contribution in [1.82, 2.24) is 14.3 Å². The Morgan fingerprint density at radius 2 is 1.87 bits per heavy atom. The van der Waals surface area contributed by atoms with Crippen LogP contribution in [-0.4, -0.2) is 52.8 Å². The van der Waals surface area contributed by atoms with Gasteiger partial charge in [0, 0.05) is 47.4 Å². The summed E-state index contributed by atoms with van der Waals surface area (Å²) < 4.78 is 3.19.